The minimum absolute atomic E-state index is 0.120. The molecule has 0 aromatic heterocycles. The Morgan fingerprint density at radius 2 is 1.07 bits per heavy atom. The van der Waals surface area contributed by atoms with Crippen LogP contribution in [0.3, 0.4) is 0 Å². The molecule has 0 radical (unpaired) electrons. The van der Waals surface area contributed by atoms with E-state index in [1.165, 1.54) is 26.0 Å². The van der Waals surface area contributed by atoms with Crippen LogP contribution in [0.5, 0.6) is 0 Å². The Morgan fingerprint density at radius 1 is 0.667 bits per heavy atom. The van der Waals surface area contributed by atoms with Gasteiger partial charge in [0.05, 0.1) is 11.8 Å². The predicted octanol–water partition coefficient (Wildman–Crippen LogP) is 4.47. The number of nitrogens with one attached hydrogen (secondary N) is 2. The van der Waals surface area contributed by atoms with E-state index < -0.39 is 73.3 Å². The van der Waals surface area contributed by atoms with Crippen LogP contribution in [0.15, 0.2) is 42.5 Å². The predicted molar refractivity (Wildman–Crippen MR) is 162 cm³/mol. The molecule has 0 aliphatic rings. The zero-order valence-electron chi connectivity index (χ0n) is 26.7. The number of rotatable bonds is 16. The van der Waals surface area contributed by atoms with Gasteiger partial charge in [0.25, 0.3) is 0 Å². The van der Waals surface area contributed by atoms with Crippen LogP contribution in [-0.2, 0) is 47.6 Å². The largest absolute Gasteiger partial charge is 0.461 e. The molecule has 0 heterocycles. The lowest BCUT2D eigenvalue weighted by molar-refractivity contribution is -0.156. The van der Waals surface area contributed by atoms with Crippen molar-refractivity contribution in [2.24, 2.45) is 11.8 Å². The van der Waals surface area contributed by atoms with Gasteiger partial charge in [-0.25, -0.2) is 19.2 Å². The standard InChI is InChI=1S/C31H42N2O12/c1-17(2)26(34)40-13-23(14-41-27(35)18(3)4)44-30(38)32-22-11-10-21(9)25(12-22)33-31(39)45-24(15-42-28(36)19(5)6)16-43-29(37)20(7)8/h10-12,17-18,23-24H,5,7,13-16H2,1-4,6,8-9H3,(H,32,38)(H,33,39). The van der Waals surface area contributed by atoms with E-state index in [-0.39, 0.29) is 35.7 Å². The lowest BCUT2D eigenvalue weighted by atomic mass is 10.2. The average Bonchev–Trinajstić information content (AvgIpc) is 2.96. The molecule has 1 aromatic rings. The second-order valence-electron chi connectivity index (χ2n) is 10.7. The summed E-state index contributed by atoms with van der Waals surface area (Å²) < 4.78 is 31.0. The monoisotopic (exact) mass is 634 g/mol. The Morgan fingerprint density at radius 3 is 1.47 bits per heavy atom. The van der Waals surface area contributed by atoms with Crippen molar-refractivity contribution < 1.29 is 57.2 Å². The molecule has 0 atom stereocenters. The second-order valence-corrected chi connectivity index (χ2v) is 10.7. The van der Waals surface area contributed by atoms with E-state index >= 15 is 0 Å². The maximum absolute atomic E-state index is 12.7. The van der Waals surface area contributed by atoms with Crippen molar-refractivity contribution in [3.05, 3.63) is 48.1 Å². The molecule has 14 heteroatoms. The molecule has 0 aliphatic heterocycles. The first-order chi connectivity index (χ1) is 21.0. The number of ether oxygens (including phenoxy) is 6. The van der Waals surface area contributed by atoms with E-state index in [0.29, 0.717) is 5.56 Å². The van der Waals surface area contributed by atoms with Crippen molar-refractivity contribution in [2.75, 3.05) is 37.1 Å². The van der Waals surface area contributed by atoms with Crippen LogP contribution >= 0.6 is 0 Å². The van der Waals surface area contributed by atoms with Gasteiger partial charge in [0.2, 0.25) is 0 Å². The number of carbonyl (C=O) groups is 6. The summed E-state index contributed by atoms with van der Waals surface area (Å²) in [5.41, 5.74) is 1.28. The third-order valence-corrected chi connectivity index (χ3v) is 5.53. The summed E-state index contributed by atoms with van der Waals surface area (Å²) in [7, 11) is 0. The van der Waals surface area contributed by atoms with Crippen LogP contribution in [0, 0.1) is 18.8 Å². The molecule has 0 bridgehead atoms. The Bertz CT molecular complexity index is 1220. The highest BCUT2D eigenvalue weighted by Gasteiger charge is 2.23. The van der Waals surface area contributed by atoms with Gasteiger partial charge in [0.15, 0.2) is 12.2 Å². The van der Waals surface area contributed by atoms with Crippen molar-refractivity contribution in [1.82, 2.24) is 0 Å². The van der Waals surface area contributed by atoms with Gasteiger partial charge in [-0.3, -0.25) is 20.2 Å². The zero-order valence-corrected chi connectivity index (χ0v) is 26.7. The molecule has 0 unspecified atom stereocenters. The van der Waals surface area contributed by atoms with Gasteiger partial charge >= 0.3 is 36.1 Å². The van der Waals surface area contributed by atoms with Crippen molar-refractivity contribution in [2.45, 2.75) is 60.7 Å². The number of carbonyl (C=O) groups excluding carboxylic acids is 6. The summed E-state index contributed by atoms with van der Waals surface area (Å²) in [5, 5.41) is 5.01. The molecule has 2 N–H and O–H groups in total. The van der Waals surface area contributed by atoms with Gasteiger partial charge in [-0.05, 0) is 38.5 Å². The molecular weight excluding hydrogens is 592 g/mol. The molecule has 1 aromatic carbocycles. The highest BCUT2D eigenvalue weighted by Crippen LogP contribution is 2.21. The second kappa shape index (κ2) is 18.7. The molecular formula is C31H42N2O12. The lowest BCUT2D eigenvalue weighted by Crippen LogP contribution is -2.33. The molecule has 0 aliphatic carbocycles. The van der Waals surface area contributed by atoms with Gasteiger partial charge in [0, 0.05) is 22.5 Å². The average molecular weight is 635 g/mol. The van der Waals surface area contributed by atoms with Crippen molar-refractivity contribution >= 4 is 47.4 Å². The molecule has 45 heavy (non-hydrogen) atoms. The van der Waals surface area contributed by atoms with Gasteiger partial charge < -0.3 is 28.4 Å². The van der Waals surface area contributed by atoms with Crippen LogP contribution < -0.4 is 10.6 Å². The number of hydrogen-bond donors (Lipinski definition) is 2. The number of benzene rings is 1. The van der Waals surface area contributed by atoms with E-state index in [2.05, 4.69) is 23.8 Å². The third-order valence-electron chi connectivity index (χ3n) is 5.53. The Labute approximate surface area is 262 Å². The quantitative estimate of drug-likeness (QED) is 0.148. The first-order valence-electron chi connectivity index (χ1n) is 14.0. The summed E-state index contributed by atoms with van der Waals surface area (Å²) in [6.07, 6.45) is -4.18. The van der Waals surface area contributed by atoms with Crippen molar-refractivity contribution in [3.63, 3.8) is 0 Å². The summed E-state index contributed by atoms with van der Waals surface area (Å²) in [6, 6.07) is 4.55. The number of esters is 4. The summed E-state index contributed by atoms with van der Waals surface area (Å²) in [5.74, 6) is -3.34. The van der Waals surface area contributed by atoms with E-state index in [9.17, 15) is 28.8 Å². The maximum Gasteiger partial charge on any atom is 0.412 e. The number of hydrogen-bond acceptors (Lipinski definition) is 12. The van der Waals surface area contributed by atoms with E-state index in [4.69, 9.17) is 28.4 Å². The summed E-state index contributed by atoms with van der Waals surface area (Å²) in [6.45, 7) is 16.5. The normalized spacial score (nSPS) is 10.6. The van der Waals surface area contributed by atoms with Crippen molar-refractivity contribution in [3.8, 4) is 0 Å². The first kappa shape index (κ1) is 38.1. The third kappa shape index (κ3) is 14.9. The topological polar surface area (TPSA) is 182 Å². The fourth-order valence-electron chi connectivity index (χ4n) is 2.92. The highest BCUT2D eigenvalue weighted by atomic mass is 16.6. The molecule has 14 nitrogen and oxygen atoms in total. The van der Waals surface area contributed by atoms with E-state index in [1.54, 1.807) is 40.7 Å². The van der Waals surface area contributed by atoms with Gasteiger partial charge in [-0.2, -0.15) is 0 Å². The fraction of sp³-hybridized carbons (Fsp3) is 0.484. The van der Waals surface area contributed by atoms with Gasteiger partial charge in [-0.15, -0.1) is 0 Å². The Balaban J connectivity index is 2.94. The number of aryl methyl sites for hydroxylation is 1. The molecule has 0 saturated carbocycles. The summed E-state index contributed by atoms with van der Waals surface area (Å²) >= 11 is 0. The number of anilines is 2. The zero-order chi connectivity index (χ0) is 34.3. The summed E-state index contributed by atoms with van der Waals surface area (Å²) in [4.78, 5) is 72.8. The van der Waals surface area contributed by atoms with E-state index in [1.807, 2.05) is 0 Å². The van der Waals surface area contributed by atoms with Crippen LogP contribution in [0.4, 0.5) is 21.0 Å². The van der Waals surface area contributed by atoms with Crippen LogP contribution in [0.1, 0.15) is 47.1 Å². The molecule has 0 fully saturated rings. The van der Waals surface area contributed by atoms with Crippen LogP contribution in [-0.4, -0.2) is 74.7 Å². The minimum atomic E-state index is -1.17. The fourth-order valence-corrected chi connectivity index (χ4v) is 2.92. The molecule has 1 rings (SSSR count). The van der Waals surface area contributed by atoms with Crippen molar-refractivity contribution in [1.29, 1.82) is 0 Å². The maximum atomic E-state index is 12.7. The highest BCUT2D eigenvalue weighted by molar-refractivity contribution is 5.90. The van der Waals surface area contributed by atoms with Crippen LogP contribution in [0.25, 0.3) is 0 Å². The van der Waals surface area contributed by atoms with E-state index in [0.717, 1.165) is 0 Å². The van der Waals surface area contributed by atoms with Gasteiger partial charge in [-0.1, -0.05) is 46.9 Å². The van der Waals surface area contributed by atoms with Gasteiger partial charge in [0.1, 0.15) is 26.4 Å². The molecule has 2 amide bonds. The smallest absolute Gasteiger partial charge is 0.412 e. The molecule has 248 valence electrons. The number of amides is 2. The minimum Gasteiger partial charge on any atom is -0.461 e. The Kier molecular flexibility index (Phi) is 15.9. The van der Waals surface area contributed by atoms with Crippen LogP contribution in [0.2, 0.25) is 0 Å². The molecule has 0 spiro atoms. The lowest BCUT2D eigenvalue weighted by Gasteiger charge is -2.20. The molecule has 0 saturated heterocycles. The first-order valence-corrected chi connectivity index (χ1v) is 14.0. The SMILES string of the molecule is C=C(C)C(=O)OCC(COC(=O)C(=C)C)OC(=O)Nc1cc(NC(=O)OC(COC(=O)C(C)C)COC(=O)C(C)C)ccc1C. The Hall–Kier alpha value is -4.88.